The van der Waals surface area contributed by atoms with E-state index in [1.54, 1.807) is 0 Å². The van der Waals surface area contributed by atoms with Crippen molar-refractivity contribution < 1.29 is 43.0 Å². The van der Waals surface area contributed by atoms with Crippen LogP contribution in [0, 0.1) is 5.92 Å². The van der Waals surface area contributed by atoms with Crippen molar-refractivity contribution in [2.24, 2.45) is 5.92 Å². The molecule has 3 N–H and O–H groups in total. The first-order valence-corrected chi connectivity index (χ1v) is 20.9. The number of phosphoric acid groups is 1. The molecule has 0 spiro atoms. The molecule has 0 aliphatic rings. The van der Waals surface area contributed by atoms with Crippen LogP contribution in [0.1, 0.15) is 162 Å². The molecule has 0 rings (SSSR count). The monoisotopic (exact) mass is 726 g/mol. The lowest BCUT2D eigenvalue weighted by molar-refractivity contribution is -0.161. The molecular weight excluding hydrogens is 655 g/mol. The zero-order chi connectivity index (χ0) is 37.1. The molecule has 2 atom stereocenters. The summed E-state index contributed by atoms with van der Waals surface area (Å²) >= 11 is 0. The highest BCUT2D eigenvalue weighted by atomic mass is 31.2. The standard InChI is InChI=1S/C40H71O9P/c1-4-5-24-30-37(41)31-26-21-17-13-9-7-11-15-19-23-28-33-40(43)49-38(35-48-50(44,45)46)34-47-39(42)32-27-22-18-14-10-6-8-12-16-20-25-29-36(2)3/h7,9,15,17,19,21,26,31,36-38,41H,4-6,8,10-14,16,18,20,22-25,27-30,32-35H2,1-3H3,(H2,44,45,46)/b9-7-,19-15-,21-17-,31-26+/t37-,38+/m0/s1. The largest absolute Gasteiger partial charge is 0.469 e. The molecule has 10 heteroatoms. The number of ether oxygens (including phenoxy) is 2. The minimum atomic E-state index is -4.78. The summed E-state index contributed by atoms with van der Waals surface area (Å²) in [5, 5.41) is 9.86. The molecule has 0 saturated heterocycles. The molecule has 0 aliphatic carbocycles. The van der Waals surface area contributed by atoms with Gasteiger partial charge < -0.3 is 24.4 Å². The molecule has 0 bridgehead atoms. The maximum absolute atomic E-state index is 12.3. The van der Waals surface area contributed by atoms with E-state index in [9.17, 15) is 19.3 Å². The molecule has 0 radical (unpaired) electrons. The molecule has 0 aromatic rings. The zero-order valence-corrected chi connectivity index (χ0v) is 32.5. The first-order valence-electron chi connectivity index (χ1n) is 19.4. The van der Waals surface area contributed by atoms with Gasteiger partial charge in [-0.25, -0.2) is 4.57 Å². The average molecular weight is 727 g/mol. The van der Waals surface area contributed by atoms with Crippen LogP contribution in [0.4, 0.5) is 0 Å². The van der Waals surface area contributed by atoms with Gasteiger partial charge in [-0.05, 0) is 44.4 Å². The van der Waals surface area contributed by atoms with Gasteiger partial charge in [0.25, 0.3) is 0 Å². The molecule has 0 aromatic heterocycles. The maximum atomic E-state index is 12.3. The lowest BCUT2D eigenvalue weighted by atomic mass is 10.0. The van der Waals surface area contributed by atoms with Crippen molar-refractivity contribution in [1.29, 1.82) is 0 Å². The van der Waals surface area contributed by atoms with E-state index in [2.05, 4.69) is 37.4 Å². The van der Waals surface area contributed by atoms with Gasteiger partial charge in [0, 0.05) is 12.8 Å². The van der Waals surface area contributed by atoms with E-state index in [-0.39, 0.29) is 25.6 Å². The smallest absolute Gasteiger partial charge is 0.462 e. The van der Waals surface area contributed by atoms with Crippen LogP contribution in [-0.4, -0.2) is 52.3 Å². The van der Waals surface area contributed by atoms with Crippen molar-refractivity contribution in [3.63, 3.8) is 0 Å². The lowest BCUT2D eigenvalue weighted by Gasteiger charge is -2.18. The highest BCUT2D eigenvalue weighted by Crippen LogP contribution is 2.36. The van der Waals surface area contributed by atoms with E-state index in [0.29, 0.717) is 19.3 Å². The number of esters is 2. The molecular formula is C40H71O9P. The Kier molecular flexibility index (Phi) is 32.7. The normalized spacial score (nSPS) is 13.7. The number of hydrogen-bond donors (Lipinski definition) is 3. The van der Waals surface area contributed by atoms with Gasteiger partial charge >= 0.3 is 19.8 Å². The Morgan fingerprint density at radius 2 is 1.22 bits per heavy atom. The van der Waals surface area contributed by atoms with Gasteiger partial charge in [-0.15, -0.1) is 0 Å². The summed E-state index contributed by atoms with van der Waals surface area (Å²) in [5.41, 5.74) is 0. The van der Waals surface area contributed by atoms with Crippen molar-refractivity contribution in [2.75, 3.05) is 13.2 Å². The Morgan fingerprint density at radius 1 is 0.660 bits per heavy atom. The molecule has 0 aliphatic heterocycles. The second-order valence-corrected chi connectivity index (χ2v) is 14.8. The van der Waals surface area contributed by atoms with Crippen LogP contribution < -0.4 is 0 Å². The molecule has 9 nitrogen and oxygen atoms in total. The number of allylic oxidation sites excluding steroid dienone is 7. The summed E-state index contributed by atoms with van der Waals surface area (Å²) in [4.78, 5) is 42.7. The number of aliphatic hydroxyl groups excluding tert-OH is 1. The van der Waals surface area contributed by atoms with Crippen molar-refractivity contribution in [3.8, 4) is 0 Å². The minimum absolute atomic E-state index is 0.116. The molecule has 50 heavy (non-hydrogen) atoms. The summed E-state index contributed by atoms with van der Waals surface area (Å²) in [5.74, 6) is -0.175. The Hall–Kier alpha value is -2.03. The molecule has 0 heterocycles. The summed E-state index contributed by atoms with van der Waals surface area (Å²) in [7, 11) is -4.78. The molecule has 0 fully saturated rings. The van der Waals surface area contributed by atoms with Crippen LogP contribution in [0.25, 0.3) is 0 Å². The van der Waals surface area contributed by atoms with Crippen LogP contribution in [-0.2, 0) is 28.2 Å². The third-order valence-electron chi connectivity index (χ3n) is 8.13. The van der Waals surface area contributed by atoms with E-state index < -0.39 is 32.5 Å². The number of hydrogen-bond acceptors (Lipinski definition) is 7. The first kappa shape index (κ1) is 48.0. The van der Waals surface area contributed by atoms with Crippen molar-refractivity contribution in [3.05, 3.63) is 48.6 Å². The average Bonchev–Trinajstić information content (AvgIpc) is 3.06. The first-order chi connectivity index (χ1) is 24.0. The molecule has 0 amide bonds. The third-order valence-corrected chi connectivity index (χ3v) is 8.62. The number of aliphatic hydroxyl groups is 1. The van der Waals surface area contributed by atoms with E-state index in [1.165, 1.54) is 51.4 Å². The third kappa shape index (κ3) is 37.2. The predicted octanol–water partition coefficient (Wildman–Crippen LogP) is 10.4. The quantitative estimate of drug-likeness (QED) is 0.0194. The highest BCUT2D eigenvalue weighted by molar-refractivity contribution is 7.46. The van der Waals surface area contributed by atoms with Crippen LogP contribution in [0.15, 0.2) is 48.6 Å². The molecule has 290 valence electrons. The Labute approximate surface area is 304 Å². The fourth-order valence-electron chi connectivity index (χ4n) is 5.19. The summed E-state index contributed by atoms with van der Waals surface area (Å²) in [6.45, 7) is 5.82. The van der Waals surface area contributed by atoms with Gasteiger partial charge in [-0.1, -0.05) is 159 Å². The Morgan fingerprint density at radius 3 is 1.84 bits per heavy atom. The number of rotatable bonds is 34. The van der Waals surface area contributed by atoms with E-state index >= 15 is 0 Å². The summed E-state index contributed by atoms with van der Waals surface area (Å²) in [6.07, 6.45) is 36.0. The van der Waals surface area contributed by atoms with Crippen molar-refractivity contribution in [1.82, 2.24) is 0 Å². The summed E-state index contributed by atoms with van der Waals surface area (Å²) < 4.78 is 26.2. The van der Waals surface area contributed by atoms with Crippen LogP contribution in [0.5, 0.6) is 0 Å². The number of unbranched alkanes of at least 4 members (excludes halogenated alkanes) is 13. The van der Waals surface area contributed by atoms with Crippen LogP contribution >= 0.6 is 7.82 Å². The van der Waals surface area contributed by atoms with Gasteiger partial charge in [-0.2, -0.15) is 0 Å². The lowest BCUT2D eigenvalue weighted by Crippen LogP contribution is -2.29. The van der Waals surface area contributed by atoms with Crippen LogP contribution in [0.2, 0.25) is 0 Å². The predicted molar refractivity (Wildman–Crippen MR) is 203 cm³/mol. The van der Waals surface area contributed by atoms with Crippen LogP contribution in [0.3, 0.4) is 0 Å². The number of carbonyl (C=O) groups is 2. The van der Waals surface area contributed by atoms with E-state index in [4.69, 9.17) is 19.3 Å². The van der Waals surface area contributed by atoms with Gasteiger partial charge in [0.15, 0.2) is 6.10 Å². The van der Waals surface area contributed by atoms with Gasteiger partial charge in [0.1, 0.15) is 6.61 Å². The van der Waals surface area contributed by atoms with E-state index in [0.717, 1.165) is 63.7 Å². The van der Waals surface area contributed by atoms with E-state index in [1.807, 2.05) is 36.5 Å². The fourth-order valence-corrected chi connectivity index (χ4v) is 5.55. The van der Waals surface area contributed by atoms with Gasteiger partial charge in [0.05, 0.1) is 12.7 Å². The topological polar surface area (TPSA) is 140 Å². The molecule has 0 aromatic carbocycles. The van der Waals surface area contributed by atoms with Crippen molar-refractivity contribution >= 4 is 19.8 Å². The number of carbonyl (C=O) groups excluding carboxylic acids is 2. The second-order valence-electron chi connectivity index (χ2n) is 13.6. The number of phosphoric ester groups is 1. The molecule has 0 saturated carbocycles. The maximum Gasteiger partial charge on any atom is 0.469 e. The fraction of sp³-hybridized carbons (Fsp3) is 0.750. The summed E-state index contributed by atoms with van der Waals surface area (Å²) in [6, 6.07) is 0. The van der Waals surface area contributed by atoms with Crippen molar-refractivity contribution in [2.45, 2.75) is 174 Å². The SMILES string of the molecule is CCCCC[C@H](O)/C=C/C=C\C/C=C\C/C=C\CCCC(=O)O[C@H](COC(=O)CCCCCCCCCCCCCC(C)C)COP(=O)(O)O. The Balaban J connectivity index is 4.11. The minimum Gasteiger partial charge on any atom is -0.462 e. The van der Waals surface area contributed by atoms with Gasteiger partial charge in [-0.3, -0.25) is 14.1 Å². The highest BCUT2D eigenvalue weighted by Gasteiger charge is 2.22. The second kappa shape index (κ2) is 34.1. The molecule has 0 unspecified atom stereocenters. The Bertz CT molecular complexity index is 983. The van der Waals surface area contributed by atoms with Gasteiger partial charge in [0.2, 0.25) is 0 Å². The zero-order valence-electron chi connectivity index (χ0n) is 31.6.